The van der Waals surface area contributed by atoms with Gasteiger partial charge in [0.15, 0.2) is 0 Å². The maximum Gasteiger partial charge on any atom is 0.309 e. The lowest BCUT2D eigenvalue weighted by atomic mass is 9.97. The molecular weight excluding hydrogens is 340 g/mol. The van der Waals surface area contributed by atoms with Crippen LogP contribution in [0.25, 0.3) is 0 Å². The van der Waals surface area contributed by atoms with E-state index in [0.717, 1.165) is 25.7 Å². The Labute approximate surface area is 166 Å². The van der Waals surface area contributed by atoms with Crippen LogP contribution in [0.4, 0.5) is 0 Å². The number of hydrogen-bond donors (Lipinski definition) is 1. The molecule has 0 rings (SSSR count). The zero-order valence-electron chi connectivity index (χ0n) is 17.3. The molecule has 0 amide bonds. The van der Waals surface area contributed by atoms with Crippen LogP contribution in [0.15, 0.2) is 24.8 Å². The second-order valence-corrected chi connectivity index (χ2v) is 7.21. The summed E-state index contributed by atoms with van der Waals surface area (Å²) in [6.07, 6.45) is 21.0. The van der Waals surface area contributed by atoms with E-state index in [1.807, 2.05) is 0 Å². The second kappa shape index (κ2) is 19.2. The number of carbonyl (C=O) groups excluding carboxylic acids is 1. The quantitative estimate of drug-likeness (QED) is 0.159. The number of hydrogen-bond acceptors (Lipinski definition) is 3. The van der Waals surface area contributed by atoms with Crippen molar-refractivity contribution in [2.75, 3.05) is 6.61 Å². The van der Waals surface area contributed by atoms with Crippen molar-refractivity contribution in [1.29, 1.82) is 0 Å². The van der Waals surface area contributed by atoms with Gasteiger partial charge in [-0.2, -0.15) is 0 Å². The molecule has 0 aromatic carbocycles. The van der Waals surface area contributed by atoms with E-state index in [1.165, 1.54) is 57.4 Å². The molecule has 1 unspecified atom stereocenters. The van der Waals surface area contributed by atoms with Crippen LogP contribution in [-0.2, 0) is 14.3 Å². The lowest BCUT2D eigenvalue weighted by Gasteiger charge is -2.13. The molecular formula is C23H40O4. The van der Waals surface area contributed by atoms with E-state index >= 15 is 0 Å². The van der Waals surface area contributed by atoms with Gasteiger partial charge in [-0.1, -0.05) is 89.5 Å². The van der Waals surface area contributed by atoms with Crippen LogP contribution in [-0.4, -0.2) is 23.7 Å². The first kappa shape index (κ1) is 25.4. The fourth-order valence-electron chi connectivity index (χ4n) is 3.12. The van der Waals surface area contributed by atoms with E-state index in [4.69, 9.17) is 9.84 Å². The third-order valence-corrected chi connectivity index (χ3v) is 4.67. The Hall–Kier alpha value is -1.58. The van der Waals surface area contributed by atoms with Crippen molar-refractivity contribution in [2.45, 2.75) is 96.8 Å². The predicted octanol–water partition coefficient (Wildman–Crippen LogP) is 6.45. The van der Waals surface area contributed by atoms with Gasteiger partial charge in [-0.25, -0.2) is 0 Å². The van der Waals surface area contributed by atoms with Crippen molar-refractivity contribution >= 4 is 11.9 Å². The molecule has 1 atom stereocenters. The fraction of sp³-hybridized carbons (Fsp3) is 0.739. The normalized spacial score (nSPS) is 12.2. The molecule has 0 radical (unpaired) electrons. The summed E-state index contributed by atoms with van der Waals surface area (Å²) in [6, 6.07) is 0. The average molecular weight is 381 g/mol. The highest BCUT2D eigenvalue weighted by atomic mass is 16.5. The minimum atomic E-state index is -0.947. The number of unbranched alkanes of at least 4 members (excludes halogenated alkanes) is 10. The van der Waals surface area contributed by atoms with Crippen molar-refractivity contribution in [2.24, 2.45) is 5.92 Å². The standard InChI is InChI=1S/C23H40O4/c1-3-5-6-7-8-9-10-11-12-13-14-15-16-17-18-21(20-22(24)25)23(26)27-19-4-2/h4-6,21H,2-3,7-20H2,1H3,(H,24,25)/b6-5+. The molecule has 156 valence electrons. The Morgan fingerprint density at radius 1 is 0.926 bits per heavy atom. The summed E-state index contributed by atoms with van der Waals surface area (Å²) in [4.78, 5) is 22.8. The largest absolute Gasteiger partial charge is 0.481 e. The molecule has 27 heavy (non-hydrogen) atoms. The lowest BCUT2D eigenvalue weighted by molar-refractivity contribution is -0.152. The van der Waals surface area contributed by atoms with Crippen molar-refractivity contribution in [3.63, 3.8) is 0 Å². The summed E-state index contributed by atoms with van der Waals surface area (Å²) in [5, 5.41) is 8.94. The van der Waals surface area contributed by atoms with Gasteiger partial charge in [0.2, 0.25) is 0 Å². The van der Waals surface area contributed by atoms with Gasteiger partial charge in [-0.15, -0.1) is 0 Å². The van der Waals surface area contributed by atoms with E-state index in [0.29, 0.717) is 6.42 Å². The van der Waals surface area contributed by atoms with E-state index in [2.05, 4.69) is 25.7 Å². The Morgan fingerprint density at radius 3 is 2.00 bits per heavy atom. The van der Waals surface area contributed by atoms with Gasteiger partial charge in [0.05, 0.1) is 12.3 Å². The molecule has 0 saturated carbocycles. The van der Waals surface area contributed by atoms with Crippen molar-refractivity contribution < 1.29 is 19.4 Å². The topological polar surface area (TPSA) is 63.6 Å². The minimum absolute atomic E-state index is 0.143. The van der Waals surface area contributed by atoms with Gasteiger partial charge >= 0.3 is 11.9 Å². The van der Waals surface area contributed by atoms with E-state index in [9.17, 15) is 9.59 Å². The monoisotopic (exact) mass is 380 g/mol. The molecule has 0 heterocycles. The van der Waals surface area contributed by atoms with Crippen LogP contribution in [0.1, 0.15) is 96.8 Å². The van der Waals surface area contributed by atoms with Crippen LogP contribution in [0.5, 0.6) is 0 Å². The summed E-state index contributed by atoms with van der Waals surface area (Å²) >= 11 is 0. The highest BCUT2D eigenvalue weighted by molar-refractivity contribution is 5.79. The van der Waals surface area contributed by atoms with Crippen LogP contribution in [0.2, 0.25) is 0 Å². The third kappa shape index (κ3) is 17.6. The van der Waals surface area contributed by atoms with Gasteiger partial charge in [-0.05, 0) is 25.7 Å². The average Bonchev–Trinajstić information content (AvgIpc) is 2.65. The van der Waals surface area contributed by atoms with Gasteiger partial charge in [0.1, 0.15) is 6.61 Å². The Balaban J connectivity index is 3.58. The first-order valence-corrected chi connectivity index (χ1v) is 10.8. The molecule has 1 N–H and O–H groups in total. The number of ether oxygens (including phenoxy) is 1. The Bertz CT molecular complexity index is 415. The third-order valence-electron chi connectivity index (χ3n) is 4.67. The molecule has 0 spiro atoms. The second-order valence-electron chi connectivity index (χ2n) is 7.21. The number of carboxylic acid groups (broad SMARTS) is 1. The zero-order chi connectivity index (χ0) is 20.2. The van der Waals surface area contributed by atoms with Crippen molar-refractivity contribution in [1.82, 2.24) is 0 Å². The maximum absolute atomic E-state index is 11.9. The number of rotatable bonds is 19. The summed E-state index contributed by atoms with van der Waals surface area (Å²) in [6.45, 7) is 5.81. The highest BCUT2D eigenvalue weighted by Gasteiger charge is 2.22. The van der Waals surface area contributed by atoms with Crippen LogP contribution >= 0.6 is 0 Å². The van der Waals surface area contributed by atoms with Crippen LogP contribution in [0, 0.1) is 5.92 Å². The summed E-state index contributed by atoms with van der Waals surface area (Å²) in [7, 11) is 0. The summed E-state index contributed by atoms with van der Waals surface area (Å²) in [5.41, 5.74) is 0. The molecule has 0 aliphatic heterocycles. The van der Waals surface area contributed by atoms with Gasteiger partial charge in [-0.3, -0.25) is 9.59 Å². The van der Waals surface area contributed by atoms with E-state index < -0.39 is 17.9 Å². The molecule has 0 fully saturated rings. The molecule has 4 heteroatoms. The van der Waals surface area contributed by atoms with Gasteiger partial charge in [0, 0.05) is 0 Å². The molecule has 0 aliphatic carbocycles. The van der Waals surface area contributed by atoms with Gasteiger partial charge in [0.25, 0.3) is 0 Å². The zero-order valence-corrected chi connectivity index (χ0v) is 17.3. The Kier molecular flexibility index (Phi) is 18.1. The first-order valence-electron chi connectivity index (χ1n) is 10.8. The number of allylic oxidation sites excluding steroid dienone is 2. The lowest BCUT2D eigenvalue weighted by Crippen LogP contribution is -2.21. The summed E-state index contributed by atoms with van der Waals surface area (Å²) < 4.78 is 5.00. The van der Waals surface area contributed by atoms with Crippen molar-refractivity contribution in [3.8, 4) is 0 Å². The van der Waals surface area contributed by atoms with Crippen LogP contribution in [0.3, 0.4) is 0 Å². The molecule has 0 aromatic rings. The van der Waals surface area contributed by atoms with Gasteiger partial charge < -0.3 is 9.84 Å². The molecule has 0 aromatic heterocycles. The maximum atomic E-state index is 11.9. The number of carboxylic acids is 1. The van der Waals surface area contributed by atoms with Crippen molar-refractivity contribution in [3.05, 3.63) is 24.8 Å². The molecule has 0 saturated heterocycles. The predicted molar refractivity (Wildman–Crippen MR) is 112 cm³/mol. The molecule has 0 bridgehead atoms. The smallest absolute Gasteiger partial charge is 0.309 e. The minimum Gasteiger partial charge on any atom is -0.481 e. The highest BCUT2D eigenvalue weighted by Crippen LogP contribution is 2.18. The van der Waals surface area contributed by atoms with E-state index in [-0.39, 0.29) is 13.0 Å². The van der Waals surface area contributed by atoms with E-state index in [1.54, 1.807) is 0 Å². The van der Waals surface area contributed by atoms with Crippen LogP contribution < -0.4 is 0 Å². The number of aliphatic carboxylic acids is 1. The fourth-order valence-corrected chi connectivity index (χ4v) is 3.12. The Morgan fingerprint density at radius 2 is 1.48 bits per heavy atom. The number of carbonyl (C=O) groups is 2. The molecule has 0 aliphatic rings. The number of esters is 1. The molecule has 4 nitrogen and oxygen atoms in total. The first-order chi connectivity index (χ1) is 13.1. The summed E-state index contributed by atoms with van der Waals surface area (Å²) in [5.74, 6) is -1.89. The SMILES string of the molecule is C=CCOC(=O)C(CCCCCCCCCCCC/C=C/CC)CC(=O)O.